The number of benzene rings is 2. The van der Waals surface area contributed by atoms with Gasteiger partial charge in [0.05, 0.1) is 11.4 Å². The maximum atomic E-state index is 11.6. The van der Waals surface area contributed by atoms with Crippen molar-refractivity contribution in [1.82, 2.24) is 9.88 Å². The van der Waals surface area contributed by atoms with Crippen LogP contribution in [-0.2, 0) is 0 Å². The van der Waals surface area contributed by atoms with E-state index in [0.717, 1.165) is 54.8 Å². The van der Waals surface area contributed by atoms with Gasteiger partial charge in [0.15, 0.2) is 12.1 Å². The van der Waals surface area contributed by atoms with Crippen molar-refractivity contribution in [3.8, 4) is 11.1 Å². The van der Waals surface area contributed by atoms with Crippen molar-refractivity contribution < 1.29 is 4.79 Å². The number of para-hydroxylation sites is 1. The number of pyridine rings is 1. The monoisotopic (exact) mass is 388 g/mol. The van der Waals surface area contributed by atoms with Crippen LogP contribution in [0.1, 0.15) is 23.2 Å². The molecule has 1 aromatic heterocycles. The highest BCUT2D eigenvalue weighted by Crippen LogP contribution is 2.37. The summed E-state index contributed by atoms with van der Waals surface area (Å²) in [6, 6.07) is 19.5. The molecule has 0 aliphatic heterocycles. The Morgan fingerprint density at radius 1 is 0.897 bits per heavy atom. The topological polar surface area (TPSA) is 62.5 Å². The molecule has 0 atom stereocenters. The van der Waals surface area contributed by atoms with Gasteiger partial charge < -0.3 is 15.5 Å². The van der Waals surface area contributed by atoms with Gasteiger partial charge in [-0.05, 0) is 57.2 Å². The smallest absolute Gasteiger partial charge is 0.156 e. The van der Waals surface area contributed by atoms with E-state index in [0.29, 0.717) is 11.3 Å². The first kappa shape index (κ1) is 20.6. The van der Waals surface area contributed by atoms with E-state index in [-0.39, 0.29) is 0 Å². The van der Waals surface area contributed by atoms with Gasteiger partial charge in [0.25, 0.3) is 0 Å². The fraction of sp³-hybridized carbons (Fsp3) is 0.250. The molecular formula is C24H28N4O. The Kier molecular flexibility index (Phi) is 6.98. The van der Waals surface area contributed by atoms with Crippen molar-refractivity contribution >= 4 is 23.5 Å². The third kappa shape index (κ3) is 5.00. The van der Waals surface area contributed by atoms with Crippen LogP contribution in [0.2, 0.25) is 0 Å². The quantitative estimate of drug-likeness (QED) is 0.428. The van der Waals surface area contributed by atoms with Crippen LogP contribution < -0.4 is 10.6 Å². The van der Waals surface area contributed by atoms with E-state index in [4.69, 9.17) is 5.73 Å². The number of carbonyl (C=O) groups is 1. The molecular weight excluding hydrogens is 360 g/mol. The lowest BCUT2D eigenvalue weighted by atomic mass is 9.98. The minimum absolute atomic E-state index is 0.638. The van der Waals surface area contributed by atoms with Crippen LogP contribution in [0, 0.1) is 0 Å². The van der Waals surface area contributed by atoms with E-state index in [1.807, 2.05) is 54.6 Å². The van der Waals surface area contributed by atoms with Gasteiger partial charge in [-0.25, -0.2) is 4.98 Å². The molecule has 2 N–H and O–H groups in total. The first-order valence-electron chi connectivity index (χ1n) is 9.88. The van der Waals surface area contributed by atoms with Crippen molar-refractivity contribution in [3.63, 3.8) is 0 Å². The molecule has 29 heavy (non-hydrogen) atoms. The van der Waals surface area contributed by atoms with Gasteiger partial charge in [-0.2, -0.15) is 0 Å². The number of carbonyl (C=O) groups excluding carboxylic acids is 1. The summed E-state index contributed by atoms with van der Waals surface area (Å²) in [6.45, 7) is 1.82. The number of hydrogen-bond donors (Lipinski definition) is 1. The number of hydrogen-bond acceptors (Lipinski definition) is 5. The zero-order valence-electron chi connectivity index (χ0n) is 17.1. The van der Waals surface area contributed by atoms with E-state index in [2.05, 4.69) is 34.9 Å². The van der Waals surface area contributed by atoms with Crippen molar-refractivity contribution in [2.75, 3.05) is 37.8 Å². The normalized spacial score (nSPS) is 10.9. The molecule has 0 saturated carbocycles. The maximum absolute atomic E-state index is 11.6. The number of rotatable bonds is 9. The molecule has 5 nitrogen and oxygen atoms in total. The van der Waals surface area contributed by atoms with E-state index < -0.39 is 0 Å². The summed E-state index contributed by atoms with van der Waals surface area (Å²) >= 11 is 0. The molecule has 1 heterocycles. The summed E-state index contributed by atoms with van der Waals surface area (Å²) < 4.78 is 0. The Hall–Kier alpha value is -3.18. The van der Waals surface area contributed by atoms with Gasteiger partial charge in [-0.15, -0.1) is 0 Å². The predicted molar refractivity (Wildman–Crippen MR) is 121 cm³/mol. The van der Waals surface area contributed by atoms with Gasteiger partial charge in [-0.1, -0.05) is 42.5 Å². The molecule has 3 rings (SSSR count). The Balaban J connectivity index is 2.04. The predicted octanol–water partition coefficient (Wildman–Crippen LogP) is 4.62. The van der Waals surface area contributed by atoms with Gasteiger partial charge >= 0.3 is 0 Å². The molecule has 3 aromatic rings. The van der Waals surface area contributed by atoms with Crippen molar-refractivity contribution in [1.29, 1.82) is 0 Å². The summed E-state index contributed by atoms with van der Waals surface area (Å²) in [4.78, 5) is 20.6. The Morgan fingerprint density at radius 2 is 1.59 bits per heavy atom. The Morgan fingerprint density at radius 3 is 2.31 bits per heavy atom. The molecule has 0 fully saturated rings. The number of unbranched alkanes of at least 4 members (excludes halogenated alkanes) is 1. The van der Waals surface area contributed by atoms with Crippen LogP contribution in [0.4, 0.5) is 17.2 Å². The molecule has 0 radical (unpaired) electrons. The van der Waals surface area contributed by atoms with Crippen molar-refractivity contribution in [3.05, 3.63) is 72.4 Å². The number of aldehydes is 1. The van der Waals surface area contributed by atoms with E-state index in [1.165, 1.54) is 0 Å². The van der Waals surface area contributed by atoms with Gasteiger partial charge in [0, 0.05) is 23.9 Å². The molecule has 0 amide bonds. The lowest BCUT2D eigenvalue weighted by molar-refractivity contribution is 0.112. The minimum Gasteiger partial charge on any atom is -0.396 e. The van der Waals surface area contributed by atoms with Crippen LogP contribution in [-0.4, -0.2) is 43.4 Å². The summed E-state index contributed by atoms with van der Waals surface area (Å²) in [5.41, 5.74) is 10.5. The summed E-state index contributed by atoms with van der Waals surface area (Å²) in [5, 5.41) is 0. The van der Waals surface area contributed by atoms with E-state index in [9.17, 15) is 4.79 Å². The maximum Gasteiger partial charge on any atom is 0.156 e. The second kappa shape index (κ2) is 9.85. The van der Waals surface area contributed by atoms with Gasteiger partial charge in [-0.3, -0.25) is 4.79 Å². The Labute approximate surface area is 172 Å². The second-order valence-corrected chi connectivity index (χ2v) is 7.30. The zero-order valence-corrected chi connectivity index (χ0v) is 17.1. The third-order valence-electron chi connectivity index (χ3n) is 4.88. The van der Waals surface area contributed by atoms with Gasteiger partial charge in [0.2, 0.25) is 0 Å². The van der Waals surface area contributed by atoms with Crippen LogP contribution in [0.15, 0.2) is 66.9 Å². The summed E-state index contributed by atoms with van der Waals surface area (Å²) in [5.74, 6) is 0.744. The highest BCUT2D eigenvalue weighted by atomic mass is 16.1. The summed E-state index contributed by atoms with van der Waals surface area (Å²) in [6.07, 6.45) is 4.74. The van der Waals surface area contributed by atoms with Crippen LogP contribution in [0.5, 0.6) is 0 Å². The fourth-order valence-electron chi connectivity index (χ4n) is 3.46. The largest absolute Gasteiger partial charge is 0.396 e. The highest BCUT2D eigenvalue weighted by molar-refractivity contribution is 5.93. The number of nitrogens with two attached hydrogens (primary N) is 1. The van der Waals surface area contributed by atoms with Crippen molar-refractivity contribution in [2.45, 2.75) is 12.8 Å². The third-order valence-corrected chi connectivity index (χ3v) is 4.88. The van der Waals surface area contributed by atoms with E-state index in [1.54, 1.807) is 6.20 Å². The van der Waals surface area contributed by atoms with Crippen LogP contribution in [0.25, 0.3) is 11.1 Å². The van der Waals surface area contributed by atoms with Crippen LogP contribution >= 0.6 is 0 Å². The molecule has 2 aromatic carbocycles. The fourth-order valence-corrected chi connectivity index (χ4v) is 3.46. The summed E-state index contributed by atoms with van der Waals surface area (Å²) in [7, 11) is 4.17. The zero-order chi connectivity index (χ0) is 20.6. The highest BCUT2D eigenvalue weighted by Gasteiger charge is 2.18. The van der Waals surface area contributed by atoms with Crippen LogP contribution in [0.3, 0.4) is 0 Å². The SMILES string of the molecule is CN(C)CCCCN(c1ccccc1-c1ccccc1C=O)c1ncccc1N. The molecule has 0 bridgehead atoms. The van der Waals surface area contributed by atoms with Crippen molar-refractivity contribution in [2.24, 2.45) is 0 Å². The second-order valence-electron chi connectivity index (χ2n) is 7.30. The lowest BCUT2D eigenvalue weighted by Crippen LogP contribution is -2.23. The molecule has 0 aliphatic rings. The molecule has 0 saturated heterocycles. The lowest BCUT2D eigenvalue weighted by Gasteiger charge is -2.28. The molecule has 5 heteroatoms. The molecule has 0 aliphatic carbocycles. The average molecular weight is 389 g/mol. The standard InChI is InChI=1S/C24H28N4O/c1-27(2)16-7-8-17-28(24-22(25)13-9-15-26-24)23-14-6-5-12-21(23)20-11-4-3-10-19(20)18-29/h3-6,9-15,18H,7-8,16-17,25H2,1-2H3. The molecule has 0 spiro atoms. The molecule has 0 unspecified atom stereocenters. The number of aromatic nitrogens is 1. The van der Waals surface area contributed by atoms with E-state index >= 15 is 0 Å². The molecule has 150 valence electrons. The Bertz CT molecular complexity index is 955. The number of nitrogen functional groups attached to an aromatic ring is 1. The number of nitrogens with zero attached hydrogens (tertiary/aromatic N) is 3. The average Bonchev–Trinajstić information content (AvgIpc) is 2.74. The van der Waals surface area contributed by atoms with Gasteiger partial charge in [0.1, 0.15) is 0 Å². The minimum atomic E-state index is 0.638. The number of anilines is 3. The first-order valence-corrected chi connectivity index (χ1v) is 9.88. The first-order chi connectivity index (χ1) is 14.1.